The van der Waals surface area contributed by atoms with Gasteiger partial charge in [0.25, 0.3) is 5.56 Å². The molecule has 1 atom stereocenters. The maximum Gasteiger partial charge on any atom is 0.258 e. The lowest BCUT2D eigenvalue weighted by Gasteiger charge is -2.36. The molecule has 0 radical (unpaired) electrons. The van der Waals surface area contributed by atoms with Gasteiger partial charge in [-0.15, -0.1) is 11.3 Å². The molecule has 0 bridgehead atoms. The Balaban J connectivity index is 1.49. The number of aromatic amines is 1. The number of hydrogen-bond acceptors (Lipinski definition) is 5. The van der Waals surface area contributed by atoms with Crippen molar-refractivity contribution in [3.63, 3.8) is 0 Å². The van der Waals surface area contributed by atoms with Gasteiger partial charge in [0.15, 0.2) is 0 Å². The first-order valence-electron chi connectivity index (χ1n) is 10.2. The lowest BCUT2D eigenvalue weighted by Crippen LogP contribution is -2.44. The quantitative estimate of drug-likeness (QED) is 0.677. The fourth-order valence-corrected chi connectivity index (χ4v) is 5.05. The first-order valence-corrected chi connectivity index (χ1v) is 11.0. The SMILES string of the molecule is CCC1c2ccsc2CCN1C(=O)CN(CC)Cc1nc2ccccc2c(=O)[nH]1. The highest BCUT2D eigenvalue weighted by Crippen LogP contribution is 2.35. The van der Waals surface area contributed by atoms with Crippen LogP contribution in [0.5, 0.6) is 0 Å². The summed E-state index contributed by atoms with van der Waals surface area (Å²) < 4.78 is 0. The molecule has 29 heavy (non-hydrogen) atoms. The Morgan fingerprint density at radius 1 is 1.31 bits per heavy atom. The van der Waals surface area contributed by atoms with Crippen LogP contribution in [0.25, 0.3) is 10.9 Å². The first-order chi connectivity index (χ1) is 14.1. The highest BCUT2D eigenvalue weighted by atomic mass is 32.1. The summed E-state index contributed by atoms with van der Waals surface area (Å²) in [6.45, 7) is 6.40. The number of H-pyrrole nitrogens is 1. The average Bonchev–Trinajstić information content (AvgIpc) is 3.21. The largest absolute Gasteiger partial charge is 0.334 e. The molecule has 0 spiro atoms. The van der Waals surface area contributed by atoms with Crippen molar-refractivity contribution >= 4 is 28.1 Å². The van der Waals surface area contributed by atoms with Gasteiger partial charge in [0.2, 0.25) is 5.91 Å². The van der Waals surface area contributed by atoms with E-state index in [1.165, 1.54) is 10.4 Å². The molecule has 3 aromatic rings. The normalized spacial score (nSPS) is 16.4. The number of aromatic nitrogens is 2. The van der Waals surface area contributed by atoms with Gasteiger partial charge < -0.3 is 9.88 Å². The van der Waals surface area contributed by atoms with Crippen LogP contribution >= 0.6 is 11.3 Å². The van der Waals surface area contributed by atoms with E-state index in [1.54, 1.807) is 17.4 Å². The highest BCUT2D eigenvalue weighted by Gasteiger charge is 2.30. The van der Waals surface area contributed by atoms with Crippen molar-refractivity contribution in [1.82, 2.24) is 19.8 Å². The van der Waals surface area contributed by atoms with Crippen molar-refractivity contribution in [2.24, 2.45) is 0 Å². The molecule has 7 heteroatoms. The number of nitrogens with one attached hydrogen (secondary N) is 1. The second-order valence-electron chi connectivity index (χ2n) is 7.39. The molecule has 0 fully saturated rings. The van der Waals surface area contributed by atoms with Gasteiger partial charge in [-0.3, -0.25) is 14.5 Å². The number of carbonyl (C=O) groups is 1. The Hall–Kier alpha value is -2.51. The van der Waals surface area contributed by atoms with Gasteiger partial charge in [-0.1, -0.05) is 26.0 Å². The molecule has 1 unspecified atom stereocenters. The molecule has 0 aliphatic carbocycles. The van der Waals surface area contributed by atoms with Crippen molar-refractivity contribution in [2.45, 2.75) is 39.3 Å². The van der Waals surface area contributed by atoms with Gasteiger partial charge in [0, 0.05) is 11.4 Å². The summed E-state index contributed by atoms with van der Waals surface area (Å²) in [5.41, 5.74) is 1.85. The molecule has 1 N–H and O–H groups in total. The lowest BCUT2D eigenvalue weighted by atomic mass is 9.97. The van der Waals surface area contributed by atoms with Gasteiger partial charge in [0.05, 0.1) is 30.0 Å². The van der Waals surface area contributed by atoms with Crippen LogP contribution < -0.4 is 5.56 Å². The molecule has 0 saturated heterocycles. The number of para-hydroxylation sites is 1. The summed E-state index contributed by atoms with van der Waals surface area (Å²) in [4.78, 5) is 38.4. The molecule has 6 nitrogen and oxygen atoms in total. The number of carbonyl (C=O) groups excluding carboxylic acids is 1. The van der Waals surface area contributed by atoms with Crippen molar-refractivity contribution in [1.29, 1.82) is 0 Å². The summed E-state index contributed by atoms with van der Waals surface area (Å²) in [6.07, 6.45) is 1.85. The Bertz CT molecular complexity index is 1070. The Morgan fingerprint density at radius 3 is 2.93 bits per heavy atom. The summed E-state index contributed by atoms with van der Waals surface area (Å²) >= 11 is 1.79. The first kappa shape index (κ1) is 19.8. The van der Waals surface area contributed by atoms with Crippen LogP contribution in [0.3, 0.4) is 0 Å². The lowest BCUT2D eigenvalue weighted by molar-refractivity contribution is -0.135. The molecule has 0 saturated carbocycles. The van der Waals surface area contributed by atoms with Gasteiger partial charge in [-0.05, 0) is 48.5 Å². The van der Waals surface area contributed by atoms with Crippen LogP contribution in [0.15, 0.2) is 40.5 Å². The van der Waals surface area contributed by atoms with E-state index in [1.807, 2.05) is 34.9 Å². The van der Waals surface area contributed by atoms with E-state index in [-0.39, 0.29) is 17.5 Å². The fraction of sp³-hybridized carbons (Fsp3) is 0.409. The van der Waals surface area contributed by atoms with E-state index in [4.69, 9.17) is 0 Å². The molecule has 1 aliphatic rings. The molecule has 2 aromatic heterocycles. The maximum absolute atomic E-state index is 13.1. The second-order valence-corrected chi connectivity index (χ2v) is 8.39. The molecule has 4 rings (SSSR count). The van der Waals surface area contributed by atoms with Crippen LogP contribution in [0.4, 0.5) is 0 Å². The molecular formula is C22H26N4O2S. The third-order valence-electron chi connectivity index (χ3n) is 5.64. The predicted molar refractivity (Wildman–Crippen MR) is 116 cm³/mol. The van der Waals surface area contributed by atoms with E-state index in [9.17, 15) is 9.59 Å². The third kappa shape index (κ3) is 3.97. The summed E-state index contributed by atoms with van der Waals surface area (Å²) in [5.74, 6) is 0.729. The molecule has 1 amide bonds. The van der Waals surface area contributed by atoms with E-state index in [0.29, 0.717) is 36.4 Å². The standard InChI is InChI=1S/C22H26N4O2S/c1-3-18-16-10-12-29-19(16)9-11-26(18)21(27)14-25(4-2)13-20-23-17-8-6-5-7-15(17)22(28)24-20/h5-8,10,12,18H,3-4,9,11,13-14H2,1-2H3,(H,23,24,28). The van der Waals surface area contributed by atoms with Crippen molar-refractivity contribution in [3.05, 3.63) is 62.3 Å². The van der Waals surface area contributed by atoms with Crippen LogP contribution in [0.2, 0.25) is 0 Å². The van der Waals surface area contributed by atoms with Crippen LogP contribution in [0.1, 0.15) is 42.6 Å². The smallest absolute Gasteiger partial charge is 0.258 e. The zero-order chi connectivity index (χ0) is 20.4. The minimum atomic E-state index is -0.139. The van der Waals surface area contributed by atoms with Crippen LogP contribution in [-0.4, -0.2) is 45.3 Å². The summed E-state index contributed by atoms with van der Waals surface area (Å²) in [7, 11) is 0. The summed E-state index contributed by atoms with van der Waals surface area (Å²) in [6, 6.07) is 9.64. The summed E-state index contributed by atoms with van der Waals surface area (Å²) in [5, 5.41) is 2.71. The number of hydrogen-bond donors (Lipinski definition) is 1. The third-order valence-corrected chi connectivity index (χ3v) is 6.64. The van der Waals surface area contributed by atoms with Crippen molar-refractivity contribution < 1.29 is 4.79 Å². The number of benzene rings is 1. The van der Waals surface area contributed by atoms with E-state index in [2.05, 4.69) is 28.3 Å². The fourth-order valence-electron chi connectivity index (χ4n) is 4.12. The monoisotopic (exact) mass is 410 g/mol. The molecule has 1 aliphatic heterocycles. The molecular weight excluding hydrogens is 384 g/mol. The number of nitrogens with zero attached hydrogens (tertiary/aromatic N) is 3. The zero-order valence-corrected chi connectivity index (χ0v) is 17.7. The van der Waals surface area contributed by atoms with Crippen molar-refractivity contribution in [3.8, 4) is 0 Å². The minimum absolute atomic E-state index is 0.138. The van der Waals surface area contributed by atoms with E-state index in [0.717, 1.165) is 19.4 Å². The maximum atomic E-state index is 13.1. The highest BCUT2D eigenvalue weighted by molar-refractivity contribution is 7.10. The van der Waals surface area contributed by atoms with Gasteiger partial charge in [-0.25, -0.2) is 4.98 Å². The van der Waals surface area contributed by atoms with Crippen LogP contribution in [0, 0.1) is 0 Å². The molecule has 152 valence electrons. The van der Waals surface area contributed by atoms with Crippen LogP contribution in [-0.2, 0) is 17.8 Å². The van der Waals surface area contributed by atoms with E-state index < -0.39 is 0 Å². The number of amides is 1. The molecule has 1 aromatic carbocycles. The number of fused-ring (bicyclic) bond motifs is 2. The minimum Gasteiger partial charge on any atom is -0.334 e. The Labute approximate surface area is 174 Å². The number of rotatable bonds is 6. The number of thiophene rings is 1. The van der Waals surface area contributed by atoms with Gasteiger partial charge in [-0.2, -0.15) is 0 Å². The topological polar surface area (TPSA) is 69.3 Å². The second kappa shape index (κ2) is 8.47. The zero-order valence-electron chi connectivity index (χ0n) is 16.9. The Morgan fingerprint density at radius 2 is 2.14 bits per heavy atom. The van der Waals surface area contributed by atoms with E-state index >= 15 is 0 Å². The van der Waals surface area contributed by atoms with Gasteiger partial charge in [0.1, 0.15) is 5.82 Å². The predicted octanol–water partition coefficient (Wildman–Crippen LogP) is 3.34. The van der Waals surface area contributed by atoms with Crippen molar-refractivity contribution in [2.75, 3.05) is 19.6 Å². The Kier molecular flexibility index (Phi) is 5.78. The average molecular weight is 411 g/mol. The van der Waals surface area contributed by atoms with Gasteiger partial charge >= 0.3 is 0 Å². The number of likely N-dealkylation sites (N-methyl/N-ethyl adjacent to an activating group) is 1. The molecule has 3 heterocycles.